The van der Waals surface area contributed by atoms with Crippen molar-refractivity contribution in [2.75, 3.05) is 19.6 Å². The Balaban J connectivity index is 1.64. The van der Waals surface area contributed by atoms with Crippen LogP contribution >= 0.6 is 0 Å². The van der Waals surface area contributed by atoms with E-state index in [1.54, 1.807) is 0 Å². The first-order chi connectivity index (χ1) is 11.5. The van der Waals surface area contributed by atoms with Gasteiger partial charge < -0.3 is 16.0 Å². The maximum atomic E-state index is 12.8. The minimum absolute atomic E-state index is 0.133. The van der Waals surface area contributed by atoms with E-state index in [-0.39, 0.29) is 23.7 Å². The Morgan fingerprint density at radius 3 is 2.50 bits per heavy atom. The zero-order chi connectivity index (χ0) is 17.5. The van der Waals surface area contributed by atoms with E-state index in [4.69, 9.17) is 5.73 Å². The Morgan fingerprint density at radius 1 is 1.29 bits per heavy atom. The highest BCUT2D eigenvalue weighted by Crippen LogP contribution is 2.20. The molecule has 1 aromatic carbocycles. The molecule has 1 fully saturated rings. The molecule has 6 heteroatoms. The van der Waals surface area contributed by atoms with Crippen LogP contribution < -0.4 is 11.1 Å². The third kappa shape index (κ3) is 5.30. The van der Waals surface area contributed by atoms with Crippen LogP contribution in [0.2, 0.25) is 0 Å². The van der Waals surface area contributed by atoms with Gasteiger partial charge in [-0.1, -0.05) is 0 Å². The fraction of sp³-hybridized carbons (Fsp3) is 0.556. The number of nitrogens with zero attached hydrogens (tertiary/aromatic N) is 1. The molecule has 1 unspecified atom stereocenters. The van der Waals surface area contributed by atoms with Crippen molar-refractivity contribution in [2.45, 2.75) is 38.6 Å². The van der Waals surface area contributed by atoms with E-state index in [1.807, 2.05) is 11.8 Å². The first-order valence-electron chi connectivity index (χ1n) is 8.54. The molecular weight excluding hydrogens is 309 g/mol. The molecule has 0 aliphatic carbocycles. The number of hydrogen-bond donors (Lipinski definition) is 2. The third-order valence-electron chi connectivity index (χ3n) is 4.60. The Bertz CT molecular complexity index is 552. The maximum absolute atomic E-state index is 12.8. The maximum Gasteiger partial charge on any atom is 0.251 e. The van der Waals surface area contributed by atoms with Gasteiger partial charge in [0.2, 0.25) is 5.91 Å². The molecule has 1 saturated heterocycles. The second-order valence-corrected chi connectivity index (χ2v) is 6.44. The molecule has 5 nitrogen and oxygen atoms in total. The molecule has 1 aromatic rings. The van der Waals surface area contributed by atoms with Crippen LogP contribution in [0.1, 0.15) is 43.0 Å². The topological polar surface area (TPSA) is 75.4 Å². The first-order valence-corrected chi connectivity index (χ1v) is 8.54. The molecule has 2 rings (SSSR count). The summed E-state index contributed by atoms with van der Waals surface area (Å²) in [5, 5.41) is 2.75. The predicted molar refractivity (Wildman–Crippen MR) is 90.9 cm³/mol. The Hall–Kier alpha value is -1.95. The molecule has 2 amide bonds. The first kappa shape index (κ1) is 18.4. The van der Waals surface area contributed by atoms with Crippen molar-refractivity contribution in [1.29, 1.82) is 0 Å². The number of hydrogen-bond acceptors (Lipinski definition) is 3. The van der Waals surface area contributed by atoms with Crippen LogP contribution in [0.4, 0.5) is 4.39 Å². The van der Waals surface area contributed by atoms with Crippen molar-refractivity contribution in [3.05, 3.63) is 35.6 Å². The molecule has 132 valence electrons. The lowest BCUT2D eigenvalue weighted by atomic mass is 9.91. The highest BCUT2D eigenvalue weighted by molar-refractivity contribution is 5.94. The normalized spacial score (nSPS) is 16.7. The van der Waals surface area contributed by atoms with Gasteiger partial charge in [-0.15, -0.1) is 0 Å². The third-order valence-corrected chi connectivity index (χ3v) is 4.60. The largest absolute Gasteiger partial charge is 0.352 e. The summed E-state index contributed by atoms with van der Waals surface area (Å²) in [4.78, 5) is 25.9. The van der Waals surface area contributed by atoms with E-state index in [9.17, 15) is 14.0 Å². The standard InChI is InChI=1S/C18H26FN3O2/c1-13(20)14-8-11-22(12-9-14)17(23)3-2-10-21-18(24)15-4-6-16(19)7-5-15/h4-7,13-14H,2-3,8-12,20H2,1H3,(H,21,24). The fourth-order valence-corrected chi connectivity index (χ4v) is 2.98. The van der Waals surface area contributed by atoms with Crippen molar-refractivity contribution in [1.82, 2.24) is 10.2 Å². The molecule has 0 bridgehead atoms. The van der Waals surface area contributed by atoms with Crippen LogP contribution in [-0.4, -0.2) is 42.4 Å². The summed E-state index contributed by atoms with van der Waals surface area (Å²) in [6.07, 6.45) is 2.95. The molecule has 1 heterocycles. The van der Waals surface area contributed by atoms with Gasteiger partial charge in [0.25, 0.3) is 5.91 Å². The minimum Gasteiger partial charge on any atom is -0.352 e. The lowest BCUT2D eigenvalue weighted by Crippen LogP contribution is -2.42. The van der Waals surface area contributed by atoms with E-state index < -0.39 is 0 Å². The van der Waals surface area contributed by atoms with E-state index >= 15 is 0 Å². The molecule has 0 aromatic heterocycles. The van der Waals surface area contributed by atoms with Gasteiger partial charge in [-0.05, 0) is 56.4 Å². The van der Waals surface area contributed by atoms with Crippen LogP contribution in [0.5, 0.6) is 0 Å². The van der Waals surface area contributed by atoms with E-state index in [0.29, 0.717) is 30.9 Å². The molecule has 24 heavy (non-hydrogen) atoms. The summed E-state index contributed by atoms with van der Waals surface area (Å²) >= 11 is 0. The van der Waals surface area contributed by atoms with Gasteiger partial charge in [0.15, 0.2) is 0 Å². The second-order valence-electron chi connectivity index (χ2n) is 6.44. The quantitative estimate of drug-likeness (QED) is 0.780. The number of nitrogens with one attached hydrogen (secondary N) is 1. The zero-order valence-corrected chi connectivity index (χ0v) is 14.1. The van der Waals surface area contributed by atoms with Gasteiger partial charge in [0.1, 0.15) is 5.82 Å². The highest BCUT2D eigenvalue weighted by Gasteiger charge is 2.24. The number of piperidine rings is 1. The lowest BCUT2D eigenvalue weighted by molar-refractivity contribution is -0.132. The molecule has 0 saturated carbocycles. The van der Waals surface area contributed by atoms with Crippen LogP contribution in [-0.2, 0) is 4.79 Å². The van der Waals surface area contributed by atoms with Crippen molar-refractivity contribution in [3.63, 3.8) is 0 Å². The Labute approximate surface area is 142 Å². The van der Waals surface area contributed by atoms with E-state index in [2.05, 4.69) is 5.32 Å². The number of halogens is 1. The molecule has 1 aliphatic heterocycles. The van der Waals surface area contributed by atoms with Gasteiger partial charge >= 0.3 is 0 Å². The molecular formula is C18H26FN3O2. The SMILES string of the molecule is CC(N)C1CCN(C(=O)CCCNC(=O)c2ccc(F)cc2)CC1. The van der Waals surface area contributed by atoms with Crippen molar-refractivity contribution >= 4 is 11.8 Å². The monoisotopic (exact) mass is 335 g/mol. The number of amides is 2. The summed E-state index contributed by atoms with van der Waals surface area (Å²) in [5.41, 5.74) is 6.32. The van der Waals surface area contributed by atoms with Crippen LogP contribution in [0.15, 0.2) is 24.3 Å². The van der Waals surface area contributed by atoms with Gasteiger partial charge in [-0.25, -0.2) is 4.39 Å². The van der Waals surface area contributed by atoms with Crippen LogP contribution in [0.25, 0.3) is 0 Å². The Morgan fingerprint density at radius 2 is 1.92 bits per heavy atom. The summed E-state index contributed by atoms with van der Waals surface area (Å²) in [7, 11) is 0. The summed E-state index contributed by atoms with van der Waals surface area (Å²) in [5.74, 6) is 0.0170. The van der Waals surface area contributed by atoms with Crippen LogP contribution in [0.3, 0.4) is 0 Å². The number of carbonyl (C=O) groups excluding carboxylic acids is 2. The number of likely N-dealkylation sites (tertiary alicyclic amines) is 1. The number of rotatable bonds is 6. The Kier molecular flexibility index (Phi) is 6.73. The zero-order valence-electron chi connectivity index (χ0n) is 14.1. The summed E-state index contributed by atoms with van der Waals surface area (Å²) < 4.78 is 12.8. The fourth-order valence-electron chi connectivity index (χ4n) is 2.98. The molecule has 1 atom stereocenters. The highest BCUT2D eigenvalue weighted by atomic mass is 19.1. The summed E-state index contributed by atoms with van der Waals surface area (Å²) in [6, 6.07) is 5.58. The van der Waals surface area contributed by atoms with Gasteiger partial charge in [-0.2, -0.15) is 0 Å². The van der Waals surface area contributed by atoms with E-state index in [1.165, 1.54) is 24.3 Å². The molecule has 0 radical (unpaired) electrons. The van der Waals surface area contributed by atoms with Crippen molar-refractivity contribution in [3.8, 4) is 0 Å². The molecule has 1 aliphatic rings. The minimum atomic E-state index is -0.370. The van der Waals surface area contributed by atoms with Crippen LogP contribution in [0, 0.1) is 11.7 Å². The average Bonchev–Trinajstić information content (AvgIpc) is 2.59. The lowest BCUT2D eigenvalue weighted by Gasteiger charge is -2.33. The van der Waals surface area contributed by atoms with Crippen molar-refractivity contribution in [2.24, 2.45) is 11.7 Å². The number of nitrogens with two attached hydrogens (primary N) is 1. The second kappa shape index (κ2) is 8.78. The number of benzene rings is 1. The van der Waals surface area contributed by atoms with E-state index in [0.717, 1.165) is 25.9 Å². The van der Waals surface area contributed by atoms with Gasteiger partial charge in [0.05, 0.1) is 0 Å². The summed E-state index contributed by atoms with van der Waals surface area (Å²) in [6.45, 7) is 3.99. The number of carbonyl (C=O) groups is 2. The average molecular weight is 335 g/mol. The predicted octanol–water partition coefficient (Wildman–Crippen LogP) is 1.92. The van der Waals surface area contributed by atoms with Gasteiger partial charge in [0, 0.05) is 37.7 Å². The van der Waals surface area contributed by atoms with Gasteiger partial charge in [-0.3, -0.25) is 9.59 Å². The van der Waals surface area contributed by atoms with Crippen molar-refractivity contribution < 1.29 is 14.0 Å². The molecule has 0 spiro atoms. The smallest absolute Gasteiger partial charge is 0.251 e. The molecule has 3 N–H and O–H groups in total.